The van der Waals surface area contributed by atoms with Gasteiger partial charge in [0.2, 0.25) is 0 Å². The zero-order valence-electron chi connectivity index (χ0n) is 13.2. The molecule has 2 fully saturated rings. The Bertz CT molecular complexity index is 428. The first kappa shape index (κ1) is 15.0. The molecule has 0 saturated carbocycles. The molecule has 0 aliphatic carbocycles. The van der Waals surface area contributed by atoms with Gasteiger partial charge in [-0.2, -0.15) is 0 Å². The monoisotopic (exact) mass is 292 g/mol. The largest absolute Gasteiger partial charge is 0.376 e. The lowest BCUT2D eigenvalue weighted by Gasteiger charge is -2.31. The number of piperidine rings is 1. The van der Waals surface area contributed by atoms with Crippen LogP contribution in [0.5, 0.6) is 0 Å². The number of rotatable bonds is 4. The van der Waals surface area contributed by atoms with Crippen molar-refractivity contribution in [3.05, 3.63) is 17.7 Å². The third-order valence-corrected chi connectivity index (χ3v) is 4.49. The van der Waals surface area contributed by atoms with E-state index in [-0.39, 0.29) is 0 Å². The first-order valence-electron chi connectivity index (χ1n) is 8.36. The van der Waals surface area contributed by atoms with Crippen LogP contribution in [-0.4, -0.2) is 65.2 Å². The molecule has 0 aromatic carbocycles. The third-order valence-electron chi connectivity index (χ3n) is 4.49. The number of hydrogen-bond donors (Lipinski definition) is 1. The van der Waals surface area contributed by atoms with E-state index >= 15 is 0 Å². The van der Waals surface area contributed by atoms with Crippen LogP contribution < -0.4 is 0 Å². The summed E-state index contributed by atoms with van der Waals surface area (Å²) in [6.07, 6.45) is 7.54. The van der Waals surface area contributed by atoms with Gasteiger partial charge in [0.15, 0.2) is 0 Å². The van der Waals surface area contributed by atoms with Crippen LogP contribution in [-0.2, 0) is 11.3 Å². The maximum absolute atomic E-state index is 6.07. The molecule has 21 heavy (non-hydrogen) atoms. The zero-order chi connectivity index (χ0) is 14.5. The smallest absolute Gasteiger partial charge is 0.103 e. The molecular weight excluding hydrogens is 264 g/mol. The second-order valence-corrected chi connectivity index (χ2v) is 6.44. The third kappa shape index (κ3) is 4.53. The molecule has 118 valence electrons. The van der Waals surface area contributed by atoms with Gasteiger partial charge in [0.05, 0.1) is 6.10 Å². The van der Waals surface area contributed by atoms with Gasteiger partial charge in [0.25, 0.3) is 0 Å². The summed E-state index contributed by atoms with van der Waals surface area (Å²) in [7, 11) is 0. The van der Waals surface area contributed by atoms with Crippen molar-refractivity contribution in [2.75, 3.05) is 39.3 Å². The van der Waals surface area contributed by atoms with Crippen molar-refractivity contribution >= 4 is 0 Å². The fraction of sp³-hybridized carbons (Fsp3) is 0.812. The van der Waals surface area contributed by atoms with Gasteiger partial charge < -0.3 is 14.6 Å². The number of nitrogens with zero attached hydrogens (tertiary/aromatic N) is 3. The summed E-state index contributed by atoms with van der Waals surface area (Å²) in [4.78, 5) is 12.7. The summed E-state index contributed by atoms with van der Waals surface area (Å²) in [5, 5.41) is 0. The van der Waals surface area contributed by atoms with E-state index < -0.39 is 0 Å². The van der Waals surface area contributed by atoms with Crippen LogP contribution in [0.25, 0.3) is 0 Å². The van der Waals surface area contributed by atoms with Gasteiger partial charge in [0, 0.05) is 44.7 Å². The van der Waals surface area contributed by atoms with Crippen LogP contribution in [0.3, 0.4) is 0 Å². The Morgan fingerprint density at radius 3 is 2.76 bits per heavy atom. The molecule has 0 bridgehead atoms. The van der Waals surface area contributed by atoms with Gasteiger partial charge in [-0.3, -0.25) is 4.90 Å². The van der Waals surface area contributed by atoms with Crippen molar-refractivity contribution in [3.8, 4) is 0 Å². The molecule has 2 aliphatic rings. The van der Waals surface area contributed by atoms with E-state index in [1.807, 2.05) is 13.1 Å². The number of nitrogens with one attached hydrogen (secondary N) is 1. The highest BCUT2D eigenvalue weighted by Gasteiger charge is 2.22. The predicted octanol–water partition coefficient (Wildman–Crippen LogP) is 1.79. The summed E-state index contributed by atoms with van der Waals surface area (Å²) < 4.78 is 6.07. The van der Waals surface area contributed by atoms with E-state index in [1.165, 1.54) is 38.0 Å². The van der Waals surface area contributed by atoms with Crippen LogP contribution in [0.15, 0.2) is 6.20 Å². The van der Waals surface area contributed by atoms with E-state index in [1.54, 1.807) is 0 Å². The van der Waals surface area contributed by atoms with Crippen LogP contribution in [0.1, 0.15) is 37.2 Å². The highest BCUT2D eigenvalue weighted by molar-refractivity contribution is 5.00. The van der Waals surface area contributed by atoms with Gasteiger partial charge in [-0.1, -0.05) is 6.42 Å². The lowest BCUT2D eigenvalue weighted by molar-refractivity contribution is 0.0216. The van der Waals surface area contributed by atoms with Gasteiger partial charge in [-0.05, 0) is 39.3 Å². The minimum atomic E-state index is 0.356. The molecule has 0 amide bonds. The molecule has 1 aromatic heterocycles. The van der Waals surface area contributed by atoms with Gasteiger partial charge >= 0.3 is 0 Å². The Balaban J connectivity index is 1.52. The molecule has 1 aromatic rings. The Labute approximate surface area is 127 Å². The maximum atomic E-state index is 6.07. The summed E-state index contributed by atoms with van der Waals surface area (Å²) in [5.41, 5.74) is 1.21. The first-order valence-corrected chi connectivity index (χ1v) is 8.36. The maximum Gasteiger partial charge on any atom is 0.103 e. The Hall–Kier alpha value is -0.910. The van der Waals surface area contributed by atoms with Crippen LogP contribution in [0, 0.1) is 6.92 Å². The standard InChI is InChI=1S/C16H28N4O/c1-14-17-10-15(18-14)11-20-8-5-9-21-16(13-20)12-19-6-3-2-4-7-19/h10,16H,2-9,11-13H2,1H3,(H,17,18)/t16-/m1/s1. The van der Waals surface area contributed by atoms with Gasteiger partial charge in [-0.25, -0.2) is 4.98 Å². The molecule has 0 radical (unpaired) electrons. The van der Waals surface area contributed by atoms with E-state index in [0.29, 0.717) is 6.10 Å². The highest BCUT2D eigenvalue weighted by atomic mass is 16.5. The van der Waals surface area contributed by atoms with Crippen molar-refractivity contribution in [2.45, 2.75) is 45.3 Å². The molecule has 2 saturated heterocycles. The van der Waals surface area contributed by atoms with Gasteiger partial charge in [0.1, 0.15) is 5.82 Å². The zero-order valence-corrected chi connectivity index (χ0v) is 13.2. The molecule has 5 nitrogen and oxygen atoms in total. The number of ether oxygens (including phenoxy) is 1. The summed E-state index contributed by atoms with van der Waals surface area (Å²) in [6, 6.07) is 0. The fourth-order valence-corrected chi connectivity index (χ4v) is 3.45. The Kier molecular flexibility index (Phi) is 5.27. The number of aryl methyl sites for hydroxylation is 1. The van der Waals surface area contributed by atoms with Gasteiger partial charge in [-0.15, -0.1) is 0 Å². The van der Waals surface area contributed by atoms with Crippen molar-refractivity contribution in [3.63, 3.8) is 0 Å². The lowest BCUT2D eigenvalue weighted by Crippen LogP contribution is -2.42. The van der Waals surface area contributed by atoms with Crippen molar-refractivity contribution in [1.82, 2.24) is 19.8 Å². The highest BCUT2D eigenvalue weighted by Crippen LogP contribution is 2.14. The first-order chi connectivity index (χ1) is 10.3. The van der Waals surface area contributed by atoms with E-state index in [9.17, 15) is 0 Å². The quantitative estimate of drug-likeness (QED) is 0.919. The number of H-pyrrole nitrogens is 1. The fourth-order valence-electron chi connectivity index (χ4n) is 3.45. The molecule has 3 rings (SSSR count). The number of imidazole rings is 1. The minimum absolute atomic E-state index is 0.356. The number of aromatic amines is 1. The molecule has 2 aliphatic heterocycles. The summed E-state index contributed by atoms with van der Waals surface area (Å²) in [5.74, 6) is 1.00. The van der Waals surface area contributed by atoms with Crippen LogP contribution >= 0.6 is 0 Å². The van der Waals surface area contributed by atoms with Crippen LogP contribution in [0.4, 0.5) is 0 Å². The van der Waals surface area contributed by atoms with Crippen molar-refractivity contribution in [1.29, 1.82) is 0 Å². The van der Waals surface area contributed by atoms with E-state index in [4.69, 9.17) is 4.74 Å². The average Bonchev–Trinajstić information content (AvgIpc) is 2.76. The molecular formula is C16H28N4O. The van der Waals surface area contributed by atoms with E-state index in [0.717, 1.165) is 45.0 Å². The molecule has 3 heterocycles. The van der Waals surface area contributed by atoms with Crippen molar-refractivity contribution < 1.29 is 4.74 Å². The summed E-state index contributed by atoms with van der Waals surface area (Å²) in [6.45, 7) is 9.62. The number of likely N-dealkylation sites (tertiary alicyclic amines) is 1. The minimum Gasteiger partial charge on any atom is -0.376 e. The topological polar surface area (TPSA) is 44.4 Å². The Morgan fingerprint density at radius 1 is 1.19 bits per heavy atom. The van der Waals surface area contributed by atoms with Crippen molar-refractivity contribution in [2.24, 2.45) is 0 Å². The normalized spacial score (nSPS) is 25.9. The second-order valence-electron chi connectivity index (χ2n) is 6.44. The molecule has 1 N–H and O–H groups in total. The summed E-state index contributed by atoms with van der Waals surface area (Å²) >= 11 is 0. The van der Waals surface area contributed by atoms with Crippen LogP contribution in [0.2, 0.25) is 0 Å². The molecule has 0 unspecified atom stereocenters. The lowest BCUT2D eigenvalue weighted by atomic mass is 10.1. The SMILES string of the molecule is Cc1ncc(CN2CCCO[C@H](CN3CCCCC3)C2)[nH]1. The second kappa shape index (κ2) is 7.38. The molecule has 5 heteroatoms. The number of aromatic nitrogens is 2. The average molecular weight is 292 g/mol. The van der Waals surface area contributed by atoms with E-state index in [2.05, 4.69) is 19.8 Å². The Morgan fingerprint density at radius 2 is 2.00 bits per heavy atom. The molecule has 1 atom stereocenters. The molecule has 0 spiro atoms. The predicted molar refractivity (Wildman–Crippen MR) is 83.2 cm³/mol. The number of hydrogen-bond acceptors (Lipinski definition) is 4.